The van der Waals surface area contributed by atoms with Crippen molar-refractivity contribution in [3.8, 4) is 0 Å². The summed E-state index contributed by atoms with van der Waals surface area (Å²) in [4.78, 5) is 0. The summed E-state index contributed by atoms with van der Waals surface area (Å²) in [7, 11) is 0. The summed E-state index contributed by atoms with van der Waals surface area (Å²) >= 11 is 0. The van der Waals surface area contributed by atoms with E-state index < -0.39 is 5.60 Å². The van der Waals surface area contributed by atoms with Crippen LogP contribution in [0.5, 0.6) is 0 Å². The molecule has 17 heavy (non-hydrogen) atoms. The first kappa shape index (κ1) is 13.1. The zero-order valence-electron chi connectivity index (χ0n) is 11.5. The van der Waals surface area contributed by atoms with Gasteiger partial charge in [0.25, 0.3) is 0 Å². The molecule has 0 heterocycles. The fourth-order valence-electron chi connectivity index (χ4n) is 3.74. The van der Waals surface area contributed by atoms with E-state index in [4.69, 9.17) is 0 Å². The molecule has 0 aromatic carbocycles. The zero-order chi connectivity index (χ0) is 12.8. The third-order valence-corrected chi connectivity index (χ3v) is 4.95. The number of fused-ring (bicyclic) bond motifs is 1. The molecule has 0 bridgehead atoms. The highest BCUT2D eigenvalue weighted by atomic mass is 16.3. The highest BCUT2D eigenvalue weighted by Gasteiger charge is 2.47. The SMILES string of the molecule is C[C@H]1CC[C@H](CO)[C@](C)(O)C2=CC(C)(C)C[C@H]21. The lowest BCUT2D eigenvalue weighted by atomic mass is 9.78. The Kier molecular flexibility index (Phi) is 3.16. The van der Waals surface area contributed by atoms with Gasteiger partial charge in [-0.1, -0.05) is 26.8 Å². The lowest BCUT2D eigenvalue weighted by Crippen LogP contribution is -2.39. The van der Waals surface area contributed by atoms with Crippen molar-refractivity contribution in [2.75, 3.05) is 6.61 Å². The molecule has 2 N–H and O–H groups in total. The average Bonchev–Trinajstić information content (AvgIpc) is 2.51. The first-order valence-corrected chi connectivity index (χ1v) is 6.84. The van der Waals surface area contributed by atoms with E-state index in [0.717, 1.165) is 19.3 Å². The highest BCUT2D eigenvalue weighted by molar-refractivity contribution is 5.30. The van der Waals surface area contributed by atoms with Gasteiger partial charge in [-0.15, -0.1) is 0 Å². The second-order valence-corrected chi connectivity index (χ2v) is 6.98. The van der Waals surface area contributed by atoms with Crippen molar-refractivity contribution in [2.24, 2.45) is 23.2 Å². The van der Waals surface area contributed by atoms with Gasteiger partial charge in [0.1, 0.15) is 0 Å². The molecule has 2 heteroatoms. The molecule has 0 radical (unpaired) electrons. The maximum atomic E-state index is 10.8. The van der Waals surface area contributed by atoms with Gasteiger partial charge in [-0.2, -0.15) is 0 Å². The van der Waals surface area contributed by atoms with E-state index in [1.807, 2.05) is 6.92 Å². The molecule has 0 aromatic heterocycles. The van der Waals surface area contributed by atoms with Gasteiger partial charge >= 0.3 is 0 Å². The van der Waals surface area contributed by atoms with E-state index in [-0.39, 0.29) is 17.9 Å². The number of hydrogen-bond acceptors (Lipinski definition) is 2. The van der Waals surface area contributed by atoms with Crippen LogP contribution in [0.3, 0.4) is 0 Å². The monoisotopic (exact) mass is 238 g/mol. The molecular formula is C15H26O2. The molecule has 0 amide bonds. The Balaban J connectivity index is 2.41. The third kappa shape index (κ3) is 2.17. The molecule has 2 aliphatic rings. The molecule has 2 aliphatic carbocycles. The Hall–Kier alpha value is -0.340. The topological polar surface area (TPSA) is 40.5 Å². The van der Waals surface area contributed by atoms with Gasteiger partial charge in [0.2, 0.25) is 0 Å². The molecule has 0 aromatic rings. The third-order valence-electron chi connectivity index (χ3n) is 4.95. The lowest BCUT2D eigenvalue weighted by Gasteiger charge is -2.33. The van der Waals surface area contributed by atoms with Crippen LogP contribution in [0.2, 0.25) is 0 Å². The minimum atomic E-state index is -0.821. The Bertz CT molecular complexity index is 328. The number of aliphatic hydroxyl groups excluding tert-OH is 1. The normalized spacial score (nSPS) is 45.1. The van der Waals surface area contributed by atoms with Crippen molar-refractivity contribution in [3.63, 3.8) is 0 Å². The molecule has 2 rings (SSSR count). The van der Waals surface area contributed by atoms with Crippen LogP contribution >= 0.6 is 0 Å². The predicted octanol–water partition coefficient (Wildman–Crippen LogP) is 2.75. The number of allylic oxidation sites excluding steroid dienone is 1. The summed E-state index contributed by atoms with van der Waals surface area (Å²) < 4.78 is 0. The minimum Gasteiger partial charge on any atom is -0.396 e. The largest absolute Gasteiger partial charge is 0.396 e. The summed E-state index contributed by atoms with van der Waals surface area (Å²) in [5.74, 6) is 1.11. The molecule has 0 unspecified atom stereocenters. The Morgan fingerprint density at radius 1 is 1.29 bits per heavy atom. The number of rotatable bonds is 1. The van der Waals surface area contributed by atoms with Crippen molar-refractivity contribution in [2.45, 2.75) is 52.6 Å². The van der Waals surface area contributed by atoms with E-state index in [1.165, 1.54) is 5.57 Å². The average molecular weight is 238 g/mol. The van der Waals surface area contributed by atoms with Crippen LogP contribution in [0.25, 0.3) is 0 Å². The van der Waals surface area contributed by atoms with Gasteiger partial charge in [0.05, 0.1) is 5.60 Å². The van der Waals surface area contributed by atoms with Gasteiger partial charge in [-0.05, 0) is 49.0 Å². The first-order valence-electron chi connectivity index (χ1n) is 6.84. The summed E-state index contributed by atoms with van der Waals surface area (Å²) in [6.45, 7) is 8.75. The van der Waals surface area contributed by atoms with Crippen LogP contribution < -0.4 is 0 Å². The van der Waals surface area contributed by atoms with Crippen LogP contribution in [-0.4, -0.2) is 22.4 Å². The van der Waals surface area contributed by atoms with Crippen LogP contribution in [0.4, 0.5) is 0 Å². The molecule has 1 saturated carbocycles. The molecule has 0 spiro atoms. The molecule has 1 fully saturated rings. The quantitative estimate of drug-likeness (QED) is 0.690. The molecule has 0 saturated heterocycles. The molecule has 98 valence electrons. The second-order valence-electron chi connectivity index (χ2n) is 6.98. The van der Waals surface area contributed by atoms with E-state index in [2.05, 4.69) is 26.8 Å². The van der Waals surface area contributed by atoms with Crippen molar-refractivity contribution < 1.29 is 10.2 Å². The summed E-state index contributed by atoms with van der Waals surface area (Å²) in [5.41, 5.74) is 0.555. The van der Waals surface area contributed by atoms with Crippen molar-refractivity contribution in [3.05, 3.63) is 11.6 Å². The fourth-order valence-corrected chi connectivity index (χ4v) is 3.74. The highest BCUT2D eigenvalue weighted by Crippen LogP contribution is 2.52. The van der Waals surface area contributed by atoms with E-state index in [0.29, 0.717) is 11.8 Å². The first-order chi connectivity index (χ1) is 7.78. The molecular weight excluding hydrogens is 212 g/mol. The van der Waals surface area contributed by atoms with Gasteiger partial charge in [-0.25, -0.2) is 0 Å². The van der Waals surface area contributed by atoms with Crippen molar-refractivity contribution >= 4 is 0 Å². The van der Waals surface area contributed by atoms with Crippen LogP contribution in [0, 0.1) is 23.2 Å². The van der Waals surface area contributed by atoms with Gasteiger partial charge in [0, 0.05) is 12.5 Å². The maximum absolute atomic E-state index is 10.8. The fraction of sp³-hybridized carbons (Fsp3) is 0.867. The van der Waals surface area contributed by atoms with Gasteiger partial charge in [0.15, 0.2) is 0 Å². The smallest absolute Gasteiger partial charge is 0.0881 e. The predicted molar refractivity (Wildman–Crippen MR) is 69.6 cm³/mol. The Labute approximate surface area is 105 Å². The molecule has 0 aliphatic heterocycles. The summed E-state index contributed by atoms with van der Waals surface area (Å²) in [5, 5.41) is 20.3. The summed E-state index contributed by atoms with van der Waals surface area (Å²) in [6.07, 6.45) is 5.44. The van der Waals surface area contributed by atoms with Gasteiger partial charge in [-0.3, -0.25) is 0 Å². The maximum Gasteiger partial charge on any atom is 0.0881 e. The Morgan fingerprint density at radius 3 is 2.53 bits per heavy atom. The van der Waals surface area contributed by atoms with Gasteiger partial charge < -0.3 is 10.2 Å². The van der Waals surface area contributed by atoms with Crippen molar-refractivity contribution in [1.29, 1.82) is 0 Å². The number of hydrogen-bond donors (Lipinski definition) is 2. The van der Waals surface area contributed by atoms with E-state index in [1.54, 1.807) is 0 Å². The molecule has 4 atom stereocenters. The molecule has 2 nitrogen and oxygen atoms in total. The van der Waals surface area contributed by atoms with Crippen LogP contribution in [0.1, 0.15) is 47.0 Å². The number of aliphatic hydroxyl groups is 2. The summed E-state index contributed by atoms with van der Waals surface area (Å²) in [6, 6.07) is 0. The van der Waals surface area contributed by atoms with Crippen molar-refractivity contribution in [1.82, 2.24) is 0 Å². The van der Waals surface area contributed by atoms with Crippen LogP contribution in [0.15, 0.2) is 11.6 Å². The van der Waals surface area contributed by atoms with Crippen LogP contribution in [-0.2, 0) is 0 Å². The minimum absolute atomic E-state index is 0.00454. The Morgan fingerprint density at radius 2 is 1.94 bits per heavy atom. The zero-order valence-corrected chi connectivity index (χ0v) is 11.5. The lowest BCUT2D eigenvalue weighted by molar-refractivity contribution is 0.00255. The second kappa shape index (κ2) is 4.10. The standard InChI is InChI=1S/C15H26O2/c1-10-5-6-11(9-16)15(4,17)13-8-14(2,3)7-12(10)13/h8,10-12,16-17H,5-7,9H2,1-4H3/t10-,11+,12-,15-/m0/s1. The van der Waals surface area contributed by atoms with E-state index >= 15 is 0 Å². The van der Waals surface area contributed by atoms with E-state index in [9.17, 15) is 10.2 Å².